The molecule has 88 valence electrons. The van der Waals surface area contributed by atoms with E-state index >= 15 is 0 Å². The number of unbranched alkanes of at least 4 members (excludes halogenated alkanes) is 1. The molecule has 1 heterocycles. The highest BCUT2D eigenvalue weighted by Crippen LogP contribution is 2.34. The van der Waals surface area contributed by atoms with Crippen molar-refractivity contribution in [1.29, 1.82) is 0 Å². The molecule has 1 N–H and O–H groups in total. The van der Waals surface area contributed by atoms with Gasteiger partial charge in [0, 0.05) is 6.42 Å². The highest BCUT2D eigenvalue weighted by Gasteiger charge is 2.54. The van der Waals surface area contributed by atoms with E-state index in [0.29, 0.717) is 19.6 Å². The summed E-state index contributed by atoms with van der Waals surface area (Å²) < 4.78 is 10.0. The summed E-state index contributed by atoms with van der Waals surface area (Å²) in [5.41, 5.74) is -0.830. The van der Waals surface area contributed by atoms with Crippen molar-refractivity contribution < 1.29 is 19.4 Å². The van der Waals surface area contributed by atoms with Gasteiger partial charge in [0.05, 0.1) is 19.3 Å². The van der Waals surface area contributed by atoms with Crippen LogP contribution >= 0.6 is 0 Å². The largest absolute Gasteiger partial charge is 0.464 e. The van der Waals surface area contributed by atoms with Gasteiger partial charge in [-0.15, -0.1) is 0 Å². The van der Waals surface area contributed by atoms with Crippen LogP contribution in [-0.4, -0.2) is 36.0 Å². The quantitative estimate of drug-likeness (QED) is 0.514. The molecule has 0 amide bonds. The number of aliphatic hydroxyl groups excluding tert-OH is 1. The number of hydrogen-bond acceptors (Lipinski definition) is 4. The fourth-order valence-electron chi connectivity index (χ4n) is 1.59. The zero-order chi connectivity index (χ0) is 11.3. The summed E-state index contributed by atoms with van der Waals surface area (Å²) in [5, 5.41) is 9.69. The standard InChI is InChI=1S/C11H20O4/c1-3-5-6-9(12)7-11(8-15-11)10(13)14-4-2/h9,12H,3-8H2,1-2H3. The summed E-state index contributed by atoms with van der Waals surface area (Å²) in [4.78, 5) is 11.5. The second-order valence-electron chi connectivity index (χ2n) is 4.00. The summed E-state index contributed by atoms with van der Waals surface area (Å²) in [6, 6.07) is 0. The van der Waals surface area contributed by atoms with Crippen molar-refractivity contribution in [2.24, 2.45) is 0 Å². The van der Waals surface area contributed by atoms with Crippen molar-refractivity contribution in [2.75, 3.05) is 13.2 Å². The number of aliphatic hydroxyl groups is 1. The van der Waals surface area contributed by atoms with Crippen LogP contribution in [0.25, 0.3) is 0 Å². The van der Waals surface area contributed by atoms with Gasteiger partial charge < -0.3 is 14.6 Å². The van der Waals surface area contributed by atoms with Crippen molar-refractivity contribution in [1.82, 2.24) is 0 Å². The molecular formula is C11H20O4. The van der Waals surface area contributed by atoms with Gasteiger partial charge in [-0.05, 0) is 13.3 Å². The highest BCUT2D eigenvalue weighted by molar-refractivity contribution is 5.82. The average molecular weight is 216 g/mol. The first-order chi connectivity index (χ1) is 7.14. The molecule has 1 aliphatic rings. The van der Waals surface area contributed by atoms with Crippen molar-refractivity contribution in [2.45, 2.75) is 51.2 Å². The smallest absolute Gasteiger partial charge is 0.340 e. The van der Waals surface area contributed by atoms with Crippen molar-refractivity contribution in [3.63, 3.8) is 0 Å². The van der Waals surface area contributed by atoms with E-state index in [4.69, 9.17) is 9.47 Å². The van der Waals surface area contributed by atoms with E-state index in [-0.39, 0.29) is 5.97 Å². The Balaban J connectivity index is 2.33. The summed E-state index contributed by atoms with van der Waals surface area (Å²) in [7, 11) is 0. The minimum atomic E-state index is -0.830. The average Bonchev–Trinajstić information content (AvgIpc) is 2.96. The van der Waals surface area contributed by atoms with Gasteiger partial charge in [-0.1, -0.05) is 19.8 Å². The first kappa shape index (κ1) is 12.5. The third kappa shape index (κ3) is 3.47. The number of hydrogen-bond donors (Lipinski definition) is 1. The molecule has 0 aromatic carbocycles. The van der Waals surface area contributed by atoms with Crippen LogP contribution in [0.1, 0.15) is 39.5 Å². The highest BCUT2D eigenvalue weighted by atomic mass is 16.6. The zero-order valence-corrected chi connectivity index (χ0v) is 9.49. The molecule has 1 rings (SSSR count). The lowest BCUT2D eigenvalue weighted by molar-refractivity contribution is -0.150. The first-order valence-corrected chi connectivity index (χ1v) is 5.64. The Hall–Kier alpha value is -0.610. The molecule has 0 spiro atoms. The third-order valence-electron chi connectivity index (χ3n) is 2.60. The van der Waals surface area contributed by atoms with Gasteiger partial charge in [-0.25, -0.2) is 4.79 Å². The Morgan fingerprint density at radius 2 is 2.27 bits per heavy atom. The van der Waals surface area contributed by atoms with Gasteiger partial charge in [0.2, 0.25) is 0 Å². The molecule has 2 unspecified atom stereocenters. The van der Waals surface area contributed by atoms with Crippen LogP contribution in [0.5, 0.6) is 0 Å². The number of epoxide rings is 1. The number of carbonyl (C=O) groups is 1. The van der Waals surface area contributed by atoms with Gasteiger partial charge in [-0.2, -0.15) is 0 Å². The summed E-state index contributed by atoms with van der Waals surface area (Å²) in [5.74, 6) is -0.333. The van der Waals surface area contributed by atoms with Crippen molar-refractivity contribution >= 4 is 5.97 Å². The number of carbonyl (C=O) groups excluding carboxylic acids is 1. The van der Waals surface area contributed by atoms with E-state index in [2.05, 4.69) is 6.92 Å². The molecular weight excluding hydrogens is 196 g/mol. The van der Waals surface area contributed by atoms with Gasteiger partial charge in [0.15, 0.2) is 5.60 Å². The van der Waals surface area contributed by atoms with Crippen molar-refractivity contribution in [3.05, 3.63) is 0 Å². The van der Waals surface area contributed by atoms with Crippen molar-refractivity contribution in [3.8, 4) is 0 Å². The van der Waals surface area contributed by atoms with E-state index in [1.807, 2.05) is 0 Å². The van der Waals surface area contributed by atoms with Crippen LogP contribution in [0.4, 0.5) is 0 Å². The fraction of sp³-hybridized carbons (Fsp3) is 0.909. The summed E-state index contributed by atoms with van der Waals surface area (Å²) in [6.45, 7) is 4.58. The summed E-state index contributed by atoms with van der Waals surface area (Å²) in [6.07, 6.45) is 2.65. The minimum Gasteiger partial charge on any atom is -0.464 e. The molecule has 0 aliphatic carbocycles. The van der Waals surface area contributed by atoms with E-state index < -0.39 is 11.7 Å². The van der Waals surface area contributed by atoms with E-state index in [1.54, 1.807) is 6.92 Å². The molecule has 0 bridgehead atoms. The maximum absolute atomic E-state index is 11.5. The van der Waals surface area contributed by atoms with Gasteiger partial charge in [-0.3, -0.25) is 0 Å². The van der Waals surface area contributed by atoms with Crippen LogP contribution in [0.15, 0.2) is 0 Å². The lowest BCUT2D eigenvalue weighted by Gasteiger charge is -2.15. The maximum Gasteiger partial charge on any atom is 0.340 e. The topological polar surface area (TPSA) is 59.1 Å². The van der Waals surface area contributed by atoms with E-state index in [9.17, 15) is 9.90 Å². The van der Waals surface area contributed by atoms with E-state index in [1.165, 1.54) is 0 Å². The Bertz CT molecular complexity index is 211. The first-order valence-electron chi connectivity index (χ1n) is 5.64. The maximum atomic E-state index is 11.5. The van der Waals surface area contributed by atoms with Crippen LogP contribution in [0.3, 0.4) is 0 Å². The molecule has 4 nitrogen and oxygen atoms in total. The molecule has 15 heavy (non-hydrogen) atoms. The molecule has 1 aliphatic heterocycles. The lowest BCUT2D eigenvalue weighted by atomic mass is 9.99. The van der Waals surface area contributed by atoms with Gasteiger partial charge in [0.25, 0.3) is 0 Å². The van der Waals surface area contributed by atoms with E-state index in [0.717, 1.165) is 19.3 Å². The molecule has 2 atom stereocenters. The van der Waals surface area contributed by atoms with Crippen LogP contribution < -0.4 is 0 Å². The Labute approximate surface area is 90.6 Å². The number of ether oxygens (including phenoxy) is 2. The zero-order valence-electron chi connectivity index (χ0n) is 9.49. The molecule has 0 aromatic heterocycles. The lowest BCUT2D eigenvalue weighted by Crippen LogP contribution is -2.31. The number of esters is 1. The Kier molecular flexibility index (Phi) is 4.54. The number of rotatable bonds is 7. The molecule has 1 saturated heterocycles. The SMILES string of the molecule is CCCCC(O)CC1(C(=O)OCC)CO1. The predicted molar refractivity (Wildman–Crippen MR) is 55.5 cm³/mol. The molecule has 4 heteroatoms. The second-order valence-corrected chi connectivity index (χ2v) is 4.00. The fourth-order valence-corrected chi connectivity index (χ4v) is 1.59. The Morgan fingerprint density at radius 3 is 2.73 bits per heavy atom. The van der Waals surface area contributed by atoms with Gasteiger partial charge >= 0.3 is 5.97 Å². The molecule has 0 saturated carbocycles. The Morgan fingerprint density at radius 1 is 1.60 bits per heavy atom. The summed E-state index contributed by atoms with van der Waals surface area (Å²) >= 11 is 0. The van der Waals surface area contributed by atoms with Crippen LogP contribution in [0.2, 0.25) is 0 Å². The van der Waals surface area contributed by atoms with Crippen LogP contribution in [0, 0.1) is 0 Å². The van der Waals surface area contributed by atoms with Gasteiger partial charge in [0.1, 0.15) is 0 Å². The second kappa shape index (κ2) is 5.47. The third-order valence-corrected chi connectivity index (χ3v) is 2.60. The predicted octanol–water partition coefficient (Wildman–Crippen LogP) is 1.26. The normalized spacial score (nSPS) is 26.1. The minimum absolute atomic E-state index is 0.333. The molecule has 0 aromatic rings. The monoisotopic (exact) mass is 216 g/mol. The van der Waals surface area contributed by atoms with Crippen LogP contribution in [-0.2, 0) is 14.3 Å². The molecule has 0 radical (unpaired) electrons. The molecule has 1 fully saturated rings.